The molecule has 1 fully saturated rings. The van der Waals surface area contributed by atoms with Crippen molar-refractivity contribution in [2.45, 2.75) is 43.9 Å². The molecule has 7 heteroatoms. The zero-order chi connectivity index (χ0) is 15.1. The van der Waals surface area contributed by atoms with Gasteiger partial charge in [0.1, 0.15) is 30.5 Å². The fourth-order valence-corrected chi connectivity index (χ4v) is 1.92. The van der Waals surface area contributed by atoms with Crippen molar-refractivity contribution in [1.82, 2.24) is 0 Å². The van der Waals surface area contributed by atoms with Crippen LogP contribution in [0.4, 0.5) is 0 Å². The smallest absolute Gasteiger partial charge is 0.112 e. The quantitative estimate of drug-likeness (QED) is 0.411. The Morgan fingerprint density at radius 2 is 1.90 bits per heavy atom. The molecule has 0 amide bonds. The number of hydrogen-bond donors (Lipinski definition) is 4. The SMILES string of the molecule is CCC(=C/C=C/[C@H]1O[C@H](CO)[C@@H](O)[C@H](O)[C@@H]1O)/N=N\C. The van der Waals surface area contributed by atoms with Crippen LogP contribution in [-0.4, -0.2) is 64.6 Å². The van der Waals surface area contributed by atoms with Gasteiger partial charge in [-0.25, -0.2) is 0 Å². The van der Waals surface area contributed by atoms with Crippen LogP contribution in [0.25, 0.3) is 0 Å². The maximum absolute atomic E-state index is 9.82. The third-order valence-electron chi connectivity index (χ3n) is 3.11. The van der Waals surface area contributed by atoms with E-state index in [0.29, 0.717) is 6.42 Å². The van der Waals surface area contributed by atoms with Gasteiger partial charge >= 0.3 is 0 Å². The molecule has 1 heterocycles. The van der Waals surface area contributed by atoms with E-state index in [1.807, 2.05) is 6.92 Å². The minimum atomic E-state index is -1.36. The fraction of sp³-hybridized carbons (Fsp3) is 0.692. The van der Waals surface area contributed by atoms with Crippen molar-refractivity contribution in [3.63, 3.8) is 0 Å². The number of aliphatic hydroxyl groups is 4. The van der Waals surface area contributed by atoms with Gasteiger partial charge in [0.2, 0.25) is 0 Å². The third kappa shape index (κ3) is 4.19. The summed E-state index contributed by atoms with van der Waals surface area (Å²) in [6.07, 6.45) is -0.0495. The van der Waals surface area contributed by atoms with E-state index in [1.54, 1.807) is 25.3 Å². The number of ether oxygens (including phenoxy) is 1. The molecule has 0 saturated carbocycles. The Labute approximate surface area is 117 Å². The summed E-state index contributed by atoms with van der Waals surface area (Å²) in [4.78, 5) is 0. The molecule has 1 aliphatic heterocycles. The molecule has 0 aromatic heterocycles. The van der Waals surface area contributed by atoms with E-state index in [1.165, 1.54) is 0 Å². The lowest BCUT2D eigenvalue weighted by atomic mass is 9.95. The maximum atomic E-state index is 9.82. The molecule has 0 aliphatic carbocycles. The van der Waals surface area contributed by atoms with E-state index in [0.717, 1.165) is 5.70 Å². The van der Waals surface area contributed by atoms with Crippen LogP contribution in [0.5, 0.6) is 0 Å². The van der Waals surface area contributed by atoms with Gasteiger partial charge in [-0.05, 0) is 12.5 Å². The first-order valence-electron chi connectivity index (χ1n) is 6.52. The van der Waals surface area contributed by atoms with Crippen molar-refractivity contribution < 1.29 is 25.2 Å². The second kappa shape index (κ2) is 8.23. The van der Waals surface area contributed by atoms with Crippen molar-refractivity contribution in [1.29, 1.82) is 0 Å². The van der Waals surface area contributed by atoms with Gasteiger partial charge in [-0.2, -0.15) is 10.2 Å². The van der Waals surface area contributed by atoms with E-state index in [2.05, 4.69) is 10.2 Å². The van der Waals surface area contributed by atoms with E-state index >= 15 is 0 Å². The summed E-state index contributed by atoms with van der Waals surface area (Å²) in [7, 11) is 1.57. The van der Waals surface area contributed by atoms with Crippen LogP contribution in [0.2, 0.25) is 0 Å². The Balaban J connectivity index is 2.75. The van der Waals surface area contributed by atoms with Crippen LogP contribution in [0, 0.1) is 0 Å². The molecule has 7 nitrogen and oxygen atoms in total. The van der Waals surface area contributed by atoms with Crippen molar-refractivity contribution in [2.24, 2.45) is 10.2 Å². The summed E-state index contributed by atoms with van der Waals surface area (Å²) in [5.74, 6) is 0. The largest absolute Gasteiger partial charge is 0.394 e. The average Bonchev–Trinajstić information content (AvgIpc) is 2.46. The highest BCUT2D eigenvalue weighted by Gasteiger charge is 2.42. The van der Waals surface area contributed by atoms with Crippen molar-refractivity contribution >= 4 is 0 Å². The maximum Gasteiger partial charge on any atom is 0.112 e. The Bertz CT molecular complexity index is 381. The zero-order valence-corrected chi connectivity index (χ0v) is 11.6. The topological polar surface area (TPSA) is 115 Å². The van der Waals surface area contributed by atoms with Gasteiger partial charge < -0.3 is 25.2 Å². The molecule has 4 N–H and O–H groups in total. The number of allylic oxidation sites excluding steroid dienone is 3. The molecule has 5 atom stereocenters. The molecule has 0 radical (unpaired) electrons. The highest BCUT2D eigenvalue weighted by atomic mass is 16.5. The molecule has 1 aliphatic rings. The van der Waals surface area contributed by atoms with Gasteiger partial charge in [0.05, 0.1) is 12.3 Å². The number of rotatable bonds is 5. The molecule has 0 spiro atoms. The van der Waals surface area contributed by atoms with Gasteiger partial charge in [0.15, 0.2) is 0 Å². The second-order valence-electron chi connectivity index (χ2n) is 4.49. The van der Waals surface area contributed by atoms with Crippen LogP contribution in [0.3, 0.4) is 0 Å². The van der Waals surface area contributed by atoms with Crippen LogP contribution >= 0.6 is 0 Å². The summed E-state index contributed by atoms with van der Waals surface area (Å²) in [5, 5.41) is 45.7. The molecule has 0 unspecified atom stereocenters. The standard InChI is InChI=1S/C13H22N2O5/c1-3-8(15-14-2)5-4-6-9-11(17)13(19)12(18)10(7-16)20-9/h4-6,9-13,16-19H,3,7H2,1-2H3/b6-4+,8-5-,15-14-/t9-,10-,11-,12-,13-/m1/s1. The normalized spacial score (nSPS) is 36.1. The van der Waals surface area contributed by atoms with Crippen LogP contribution < -0.4 is 0 Å². The lowest BCUT2D eigenvalue weighted by Gasteiger charge is -2.38. The lowest BCUT2D eigenvalue weighted by molar-refractivity contribution is -0.216. The molecule has 0 bridgehead atoms. The molecular weight excluding hydrogens is 264 g/mol. The van der Waals surface area contributed by atoms with Crippen LogP contribution in [0.15, 0.2) is 34.2 Å². The first kappa shape index (κ1) is 16.9. The van der Waals surface area contributed by atoms with Gasteiger partial charge in [-0.3, -0.25) is 0 Å². The Morgan fingerprint density at radius 3 is 2.45 bits per heavy atom. The molecular formula is C13H22N2O5. The minimum absolute atomic E-state index is 0.435. The van der Waals surface area contributed by atoms with Crippen LogP contribution in [-0.2, 0) is 4.74 Å². The number of aliphatic hydroxyl groups excluding tert-OH is 4. The highest BCUT2D eigenvalue weighted by molar-refractivity contribution is 5.14. The highest BCUT2D eigenvalue weighted by Crippen LogP contribution is 2.22. The van der Waals surface area contributed by atoms with E-state index < -0.39 is 37.1 Å². The predicted octanol–water partition coefficient (Wildman–Crippen LogP) is -0.239. The monoisotopic (exact) mass is 286 g/mol. The Morgan fingerprint density at radius 1 is 1.20 bits per heavy atom. The first-order chi connectivity index (χ1) is 9.54. The number of hydrogen-bond acceptors (Lipinski definition) is 7. The molecule has 0 aromatic carbocycles. The van der Waals surface area contributed by atoms with E-state index in [-0.39, 0.29) is 0 Å². The summed E-state index contributed by atoms with van der Waals surface area (Å²) in [6, 6.07) is 0. The minimum Gasteiger partial charge on any atom is -0.394 e. The molecule has 1 rings (SSSR count). The predicted molar refractivity (Wildman–Crippen MR) is 72.1 cm³/mol. The fourth-order valence-electron chi connectivity index (χ4n) is 1.92. The third-order valence-corrected chi connectivity index (χ3v) is 3.11. The lowest BCUT2D eigenvalue weighted by Crippen LogP contribution is -2.57. The van der Waals surface area contributed by atoms with Gasteiger partial charge in [-0.1, -0.05) is 19.1 Å². The van der Waals surface area contributed by atoms with Crippen molar-refractivity contribution in [3.8, 4) is 0 Å². The Kier molecular flexibility index (Phi) is 6.97. The first-order valence-corrected chi connectivity index (χ1v) is 6.52. The van der Waals surface area contributed by atoms with Gasteiger partial charge in [0.25, 0.3) is 0 Å². The van der Waals surface area contributed by atoms with E-state index in [9.17, 15) is 15.3 Å². The number of nitrogens with zero attached hydrogens (tertiary/aromatic N) is 2. The summed E-state index contributed by atoms with van der Waals surface area (Å²) >= 11 is 0. The second-order valence-corrected chi connectivity index (χ2v) is 4.49. The van der Waals surface area contributed by atoms with Crippen molar-refractivity contribution in [3.05, 3.63) is 23.9 Å². The molecule has 0 aromatic rings. The van der Waals surface area contributed by atoms with Crippen molar-refractivity contribution in [2.75, 3.05) is 13.7 Å². The number of azo groups is 1. The molecule has 114 valence electrons. The van der Waals surface area contributed by atoms with Gasteiger partial charge in [0, 0.05) is 7.05 Å². The Hall–Kier alpha value is -1.12. The van der Waals surface area contributed by atoms with E-state index in [4.69, 9.17) is 9.84 Å². The summed E-state index contributed by atoms with van der Waals surface area (Å²) in [6.45, 7) is 1.50. The summed E-state index contributed by atoms with van der Waals surface area (Å²) in [5.41, 5.74) is 0.758. The molecule has 1 saturated heterocycles. The average molecular weight is 286 g/mol. The van der Waals surface area contributed by atoms with Crippen LogP contribution in [0.1, 0.15) is 13.3 Å². The molecule has 20 heavy (non-hydrogen) atoms. The van der Waals surface area contributed by atoms with Gasteiger partial charge in [-0.15, -0.1) is 0 Å². The zero-order valence-electron chi connectivity index (χ0n) is 11.6. The summed E-state index contributed by atoms with van der Waals surface area (Å²) < 4.78 is 5.33.